The largest absolute Gasteiger partial charge is 0.279 e. The molecular weight excluding hydrogens is 242 g/mol. The van der Waals surface area contributed by atoms with Crippen LogP contribution in [0.5, 0.6) is 0 Å². The zero-order valence-corrected chi connectivity index (χ0v) is 9.35. The molecule has 0 fully saturated rings. The average Bonchev–Trinajstić information content (AvgIpc) is 2.82. The first-order chi connectivity index (χ1) is 8.16. The normalized spacial score (nSPS) is 9.53. The van der Waals surface area contributed by atoms with Crippen molar-refractivity contribution < 1.29 is 13.6 Å². The van der Waals surface area contributed by atoms with Crippen molar-refractivity contribution in [3.63, 3.8) is 0 Å². The Morgan fingerprint density at radius 1 is 1.18 bits per heavy atom. The molecule has 17 heavy (non-hydrogen) atoms. The van der Waals surface area contributed by atoms with Gasteiger partial charge in [-0.25, -0.2) is 8.78 Å². The first kappa shape index (κ1) is 11.5. The molecule has 0 amide bonds. The van der Waals surface area contributed by atoms with Crippen LogP contribution in [0.2, 0.25) is 0 Å². The lowest BCUT2D eigenvalue weighted by molar-refractivity contribution is 0.105. The van der Waals surface area contributed by atoms with Crippen LogP contribution in [0.4, 0.5) is 8.78 Å². The lowest BCUT2D eigenvalue weighted by Crippen LogP contribution is -1.97. The molecule has 4 heteroatoms. The molecule has 2 aromatic rings. The van der Waals surface area contributed by atoms with Gasteiger partial charge in [-0.2, -0.15) is 0 Å². The average molecular weight is 248 g/mol. The number of rotatable bonds is 1. The highest BCUT2D eigenvalue weighted by Gasteiger charge is 2.07. The van der Waals surface area contributed by atoms with Crippen LogP contribution >= 0.6 is 11.3 Å². The summed E-state index contributed by atoms with van der Waals surface area (Å²) in [5, 5.41) is 1.84. The summed E-state index contributed by atoms with van der Waals surface area (Å²) in [5.41, 5.74) is 0.0490. The van der Waals surface area contributed by atoms with Crippen molar-refractivity contribution in [3.05, 3.63) is 57.8 Å². The van der Waals surface area contributed by atoms with Crippen molar-refractivity contribution in [2.75, 3.05) is 0 Å². The number of benzene rings is 1. The second-order valence-corrected chi connectivity index (χ2v) is 4.13. The topological polar surface area (TPSA) is 17.1 Å². The number of carbonyl (C=O) groups is 1. The summed E-state index contributed by atoms with van der Waals surface area (Å²) in [6, 6.07) is 6.56. The quantitative estimate of drug-likeness (QED) is 0.559. The number of Topliss-reactive ketones (excluding diaryl/α,β-unsaturated/α-hetero) is 1. The molecule has 0 aliphatic rings. The van der Waals surface area contributed by atoms with Gasteiger partial charge >= 0.3 is 0 Å². The zero-order chi connectivity index (χ0) is 12.3. The van der Waals surface area contributed by atoms with Crippen LogP contribution in [-0.2, 0) is 0 Å². The lowest BCUT2D eigenvalue weighted by atomic mass is 10.1. The van der Waals surface area contributed by atoms with E-state index >= 15 is 0 Å². The molecule has 0 bridgehead atoms. The minimum atomic E-state index is -1.05. The van der Waals surface area contributed by atoms with E-state index in [0.717, 1.165) is 17.0 Å². The summed E-state index contributed by atoms with van der Waals surface area (Å²) in [6.07, 6.45) is 0. The van der Waals surface area contributed by atoms with E-state index in [1.165, 1.54) is 17.4 Å². The van der Waals surface area contributed by atoms with Gasteiger partial charge in [0.25, 0.3) is 0 Å². The van der Waals surface area contributed by atoms with Crippen molar-refractivity contribution in [3.8, 4) is 11.8 Å². The smallest absolute Gasteiger partial charge is 0.236 e. The zero-order valence-electron chi connectivity index (χ0n) is 8.54. The van der Waals surface area contributed by atoms with Gasteiger partial charge in [0.1, 0.15) is 0 Å². The second-order valence-electron chi connectivity index (χ2n) is 3.19. The van der Waals surface area contributed by atoms with Crippen LogP contribution in [0.25, 0.3) is 0 Å². The highest BCUT2D eigenvalue weighted by atomic mass is 32.1. The maximum absolute atomic E-state index is 12.9. The Morgan fingerprint density at radius 3 is 2.65 bits per heavy atom. The fourth-order valence-electron chi connectivity index (χ4n) is 1.18. The van der Waals surface area contributed by atoms with Gasteiger partial charge in [0.2, 0.25) is 5.78 Å². The van der Waals surface area contributed by atoms with Crippen molar-refractivity contribution in [2.24, 2.45) is 0 Å². The van der Waals surface area contributed by atoms with E-state index < -0.39 is 17.4 Å². The van der Waals surface area contributed by atoms with E-state index in [-0.39, 0.29) is 5.56 Å². The predicted octanol–water partition coefficient (Wildman–Crippen LogP) is 3.26. The molecule has 0 unspecified atom stereocenters. The molecule has 0 aliphatic heterocycles. The van der Waals surface area contributed by atoms with E-state index in [2.05, 4.69) is 11.8 Å². The molecule has 1 nitrogen and oxygen atoms in total. The van der Waals surface area contributed by atoms with E-state index in [1.807, 2.05) is 11.4 Å². The van der Waals surface area contributed by atoms with Crippen molar-refractivity contribution in [2.45, 2.75) is 0 Å². The molecule has 0 N–H and O–H groups in total. The Balaban J connectivity index is 2.23. The number of hydrogen-bond acceptors (Lipinski definition) is 2. The van der Waals surface area contributed by atoms with E-state index in [9.17, 15) is 13.6 Å². The molecule has 0 spiro atoms. The fraction of sp³-hybridized carbons (Fsp3) is 0. The van der Waals surface area contributed by atoms with Crippen LogP contribution in [0.1, 0.15) is 15.2 Å². The van der Waals surface area contributed by atoms with Crippen LogP contribution in [0.15, 0.2) is 35.7 Å². The molecule has 0 saturated heterocycles. The monoisotopic (exact) mass is 248 g/mol. The molecule has 1 heterocycles. The van der Waals surface area contributed by atoms with E-state index in [0.29, 0.717) is 0 Å². The molecule has 1 aromatic carbocycles. The fourth-order valence-corrected chi connectivity index (χ4v) is 1.75. The first-order valence-corrected chi connectivity index (χ1v) is 5.59. The minimum absolute atomic E-state index is 0.0490. The van der Waals surface area contributed by atoms with Gasteiger partial charge in [-0.3, -0.25) is 4.79 Å². The third kappa shape index (κ3) is 2.77. The maximum atomic E-state index is 12.9. The Kier molecular flexibility index (Phi) is 3.31. The Hall–Kier alpha value is -1.99. The third-order valence-electron chi connectivity index (χ3n) is 2.00. The molecule has 0 atom stereocenters. The highest BCUT2D eigenvalue weighted by Crippen LogP contribution is 2.10. The molecule has 1 aromatic heterocycles. The SMILES string of the molecule is O=C(C#Cc1cccs1)c1ccc(F)c(F)c1. The number of halogens is 2. The Morgan fingerprint density at radius 2 is 2.00 bits per heavy atom. The molecule has 84 valence electrons. The van der Waals surface area contributed by atoms with Crippen LogP contribution in [-0.4, -0.2) is 5.78 Å². The molecule has 0 radical (unpaired) electrons. The number of hydrogen-bond donors (Lipinski definition) is 0. The van der Waals surface area contributed by atoms with Crippen LogP contribution in [0, 0.1) is 23.5 Å². The highest BCUT2D eigenvalue weighted by molar-refractivity contribution is 7.10. The van der Waals surface area contributed by atoms with Gasteiger partial charge in [0, 0.05) is 5.56 Å². The molecule has 0 aliphatic carbocycles. The summed E-state index contributed by atoms with van der Waals surface area (Å²) in [6.45, 7) is 0. The lowest BCUT2D eigenvalue weighted by Gasteiger charge is -1.95. The third-order valence-corrected chi connectivity index (χ3v) is 2.79. The Bertz CT molecular complexity index is 606. The number of ketones is 1. The van der Waals surface area contributed by atoms with Gasteiger partial charge < -0.3 is 0 Å². The minimum Gasteiger partial charge on any atom is -0.279 e. The standard InChI is InChI=1S/C13H6F2OS/c14-11-5-3-9(8-12(11)15)13(16)6-4-10-2-1-7-17-10/h1-3,5,7-8H. The number of thiophene rings is 1. The van der Waals surface area contributed by atoms with Crippen molar-refractivity contribution >= 4 is 17.1 Å². The first-order valence-electron chi connectivity index (χ1n) is 4.72. The van der Waals surface area contributed by atoms with Gasteiger partial charge in [-0.1, -0.05) is 6.07 Å². The molecular formula is C13H6F2OS. The summed E-state index contributed by atoms with van der Waals surface area (Å²) >= 11 is 1.41. The van der Waals surface area contributed by atoms with Gasteiger partial charge in [0.05, 0.1) is 4.88 Å². The Labute approximate surface area is 101 Å². The van der Waals surface area contributed by atoms with Crippen LogP contribution < -0.4 is 0 Å². The van der Waals surface area contributed by atoms with E-state index in [1.54, 1.807) is 6.07 Å². The van der Waals surface area contributed by atoms with E-state index in [4.69, 9.17) is 0 Å². The van der Waals surface area contributed by atoms with Crippen molar-refractivity contribution in [1.82, 2.24) is 0 Å². The summed E-state index contributed by atoms with van der Waals surface area (Å²) in [7, 11) is 0. The summed E-state index contributed by atoms with van der Waals surface area (Å²) in [5.74, 6) is 2.48. The van der Waals surface area contributed by atoms with Gasteiger partial charge in [-0.05, 0) is 41.5 Å². The summed E-state index contributed by atoms with van der Waals surface area (Å²) < 4.78 is 25.5. The van der Waals surface area contributed by atoms with Gasteiger partial charge in [-0.15, -0.1) is 11.3 Å². The predicted molar refractivity (Wildman–Crippen MR) is 61.9 cm³/mol. The second kappa shape index (κ2) is 4.89. The van der Waals surface area contributed by atoms with Gasteiger partial charge in [0.15, 0.2) is 11.6 Å². The molecule has 0 saturated carbocycles. The van der Waals surface area contributed by atoms with Crippen LogP contribution in [0.3, 0.4) is 0 Å². The number of carbonyl (C=O) groups excluding carboxylic acids is 1. The summed E-state index contributed by atoms with van der Waals surface area (Å²) in [4.78, 5) is 12.3. The maximum Gasteiger partial charge on any atom is 0.236 e. The molecule has 2 rings (SSSR count). The van der Waals surface area contributed by atoms with Crippen molar-refractivity contribution in [1.29, 1.82) is 0 Å².